The summed E-state index contributed by atoms with van der Waals surface area (Å²) in [7, 11) is 1.62. The van der Waals surface area contributed by atoms with Gasteiger partial charge in [0.1, 0.15) is 5.82 Å². The summed E-state index contributed by atoms with van der Waals surface area (Å²) < 4.78 is 18.5. The first-order valence-corrected chi connectivity index (χ1v) is 9.81. The van der Waals surface area contributed by atoms with Gasteiger partial charge in [-0.2, -0.15) is 0 Å². The molecular weight excluding hydrogens is 377 g/mol. The highest BCUT2D eigenvalue weighted by Crippen LogP contribution is 2.23. The molecule has 0 aliphatic rings. The first-order chi connectivity index (χ1) is 12.6. The van der Waals surface area contributed by atoms with E-state index < -0.39 is 0 Å². The minimum atomic E-state index is -0.351. The van der Waals surface area contributed by atoms with Gasteiger partial charge in [0.15, 0.2) is 4.34 Å². The van der Waals surface area contributed by atoms with E-state index in [0.717, 1.165) is 10.8 Å². The molecule has 0 aliphatic heterocycles. The van der Waals surface area contributed by atoms with E-state index in [1.54, 1.807) is 7.11 Å². The van der Waals surface area contributed by atoms with Gasteiger partial charge in [0.2, 0.25) is 11.8 Å². The molecule has 6 nitrogen and oxygen atoms in total. The van der Waals surface area contributed by atoms with E-state index >= 15 is 0 Å². The van der Waals surface area contributed by atoms with Gasteiger partial charge in [-0.15, -0.1) is 11.3 Å². The quantitative estimate of drug-likeness (QED) is 0.476. The second-order valence-electron chi connectivity index (χ2n) is 5.32. The summed E-state index contributed by atoms with van der Waals surface area (Å²) in [5.74, 6) is -0.449. The van der Waals surface area contributed by atoms with E-state index in [1.165, 1.54) is 47.4 Å². The van der Waals surface area contributed by atoms with Gasteiger partial charge in [-0.25, -0.2) is 9.37 Å². The molecule has 2 N–H and O–H groups in total. The van der Waals surface area contributed by atoms with Crippen LogP contribution in [0.1, 0.15) is 12.1 Å². The lowest BCUT2D eigenvalue weighted by Gasteiger charge is -2.04. The summed E-state index contributed by atoms with van der Waals surface area (Å²) in [5.41, 5.74) is 1.22. The second-order valence-corrected chi connectivity index (χ2v) is 7.40. The fourth-order valence-corrected chi connectivity index (χ4v) is 3.61. The van der Waals surface area contributed by atoms with Gasteiger partial charge in [0, 0.05) is 31.3 Å². The Morgan fingerprint density at radius 3 is 2.77 bits per heavy atom. The summed E-state index contributed by atoms with van der Waals surface area (Å²) in [6, 6.07) is 5.58. The molecule has 2 rings (SSSR count). The Labute approximate surface area is 159 Å². The van der Waals surface area contributed by atoms with Gasteiger partial charge in [0.05, 0.1) is 17.9 Å². The number of ether oxygens (including phenoxy) is 1. The molecule has 0 saturated heterocycles. The Morgan fingerprint density at radius 2 is 2.04 bits per heavy atom. The van der Waals surface area contributed by atoms with E-state index in [9.17, 15) is 14.0 Å². The van der Waals surface area contributed by atoms with Crippen LogP contribution < -0.4 is 10.6 Å². The SMILES string of the molecule is COCCCNC(=O)Cc1csc(SCC(=O)Nc2ccc(F)cc2)n1. The lowest BCUT2D eigenvalue weighted by Crippen LogP contribution is -2.26. The molecule has 2 amide bonds. The highest BCUT2D eigenvalue weighted by Gasteiger charge is 2.10. The molecule has 140 valence electrons. The van der Waals surface area contributed by atoms with Crippen LogP contribution in [-0.4, -0.2) is 42.8 Å². The van der Waals surface area contributed by atoms with E-state index in [4.69, 9.17) is 4.74 Å². The van der Waals surface area contributed by atoms with E-state index in [-0.39, 0.29) is 29.8 Å². The van der Waals surface area contributed by atoms with Gasteiger partial charge < -0.3 is 15.4 Å². The molecule has 0 saturated carbocycles. The topological polar surface area (TPSA) is 80.3 Å². The maximum absolute atomic E-state index is 12.8. The number of benzene rings is 1. The van der Waals surface area contributed by atoms with Crippen LogP contribution in [0.15, 0.2) is 34.0 Å². The molecule has 1 heterocycles. The van der Waals surface area contributed by atoms with Crippen LogP contribution >= 0.6 is 23.1 Å². The Balaban J connectivity index is 1.71. The number of rotatable bonds is 10. The zero-order chi connectivity index (χ0) is 18.8. The van der Waals surface area contributed by atoms with Crippen LogP contribution in [-0.2, 0) is 20.7 Å². The highest BCUT2D eigenvalue weighted by atomic mass is 32.2. The Bertz CT molecular complexity index is 722. The maximum Gasteiger partial charge on any atom is 0.234 e. The predicted octanol–water partition coefficient (Wildman–Crippen LogP) is 2.71. The van der Waals surface area contributed by atoms with Crippen molar-refractivity contribution >= 4 is 40.6 Å². The first kappa shape index (κ1) is 20.3. The third-order valence-corrected chi connectivity index (χ3v) is 5.24. The van der Waals surface area contributed by atoms with Crippen molar-refractivity contribution in [2.45, 2.75) is 17.2 Å². The van der Waals surface area contributed by atoms with E-state index in [1.807, 2.05) is 5.38 Å². The molecule has 26 heavy (non-hydrogen) atoms. The first-order valence-electron chi connectivity index (χ1n) is 7.95. The number of nitrogens with one attached hydrogen (secondary N) is 2. The van der Waals surface area contributed by atoms with Gasteiger partial charge >= 0.3 is 0 Å². The van der Waals surface area contributed by atoms with Crippen molar-refractivity contribution in [3.63, 3.8) is 0 Å². The number of thioether (sulfide) groups is 1. The van der Waals surface area contributed by atoms with Gasteiger partial charge in [-0.1, -0.05) is 11.8 Å². The predicted molar refractivity (Wildman–Crippen MR) is 101 cm³/mol. The van der Waals surface area contributed by atoms with E-state index in [0.29, 0.717) is 24.5 Å². The van der Waals surface area contributed by atoms with Crippen LogP contribution in [0.4, 0.5) is 10.1 Å². The number of carbonyl (C=O) groups excluding carboxylic acids is 2. The molecule has 0 atom stereocenters. The normalized spacial score (nSPS) is 10.5. The number of hydrogen-bond acceptors (Lipinski definition) is 6. The molecule has 0 spiro atoms. The standard InChI is InChI=1S/C17H20FN3O3S2/c1-24-8-2-7-19-15(22)9-14-10-25-17(21-14)26-11-16(23)20-13-5-3-12(18)4-6-13/h3-6,10H,2,7-9,11H2,1H3,(H,19,22)(H,20,23). The summed E-state index contributed by atoms with van der Waals surface area (Å²) in [4.78, 5) is 28.0. The highest BCUT2D eigenvalue weighted by molar-refractivity contribution is 8.01. The molecule has 0 radical (unpaired) electrons. The van der Waals surface area contributed by atoms with Crippen molar-refractivity contribution in [1.82, 2.24) is 10.3 Å². The molecule has 9 heteroatoms. The molecule has 0 bridgehead atoms. The average Bonchev–Trinajstić information content (AvgIpc) is 3.06. The maximum atomic E-state index is 12.8. The van der Waals surface area contributed by atoms with Crippen molar-refractivity contribution in [2.24, 2.45) is 0 Å². The molecule has 0 aliphatic carbocycles. The van der Waals surface area contributed by atoms with Crippen molar-refractivity contribution in [2.75, 3.05) is 31.3 Å². The molecule has 0 unspecified atom stereocenters. The number of aromatic nitrogens is 1. The van der Waals surface area contributed by atoms with Gasteiger partial charge in [-0.05, 0) is 30.7 Å². The van der Waals surface area contributed by atoms with Crippen molar-refractivity contribution in [3.8, 4) is 0 Å². The van der Waals surface area contributed by atoms with Gasteiger partial charge in [-0.3, -0.25) is 9.59 Å². The van der Waals surface area contributed by atoms with Crippen molar-refractivity contribution in [1.29, 1.82) is 0 Å². The number of methoxy groups -OCH3 is 1. The second kappa shape index (κ2) is 10.9. The zero-order valence-electron chi connectivity index (χ0n) is 14.3. The lowest BCUT2D eigenvalue weighted by molar-refractivity contribution is -0.120. The number of nitrogens with zero attached hydrogens (tertiary/aromatic N) is 1. The molecule has 2 aromatic rings. The summed E-state index contributed by atoms with van der Waals surface area (Å²) in [5, 5.41) is 7.31. The Kier molecular flexibility index (Phi) is 8.52. The lowest BCUT2D eigenvalue weighted by atomic mass is 10.3. The number of anilines is 1. The van der Waals surface area contributed by atoms with E-state index in [2.05, 4.69) is 15.6 Å². The van der Waals surface area contributed by atoms with Crippen LogP contribution in [0.5, 0.6) is 0 Å². The van der Waals surface area contributed by atoms with Gasteiger partial charge in [0.25, 0.3) is 0 Å². The average molecular weight is 397 g/mol. The fourth-order valence-electron chi connectivity index (χ4n) is 1.96. The largest absolute Gasteiger partial charge is 0.385 e. The number of amides is 2. The molecule has 1 aromatic carbocycles. The van der Waals surface area contributed by atoms with Crippen molar-refractivity contribution < 1.29 is 18.7 Å². The Morgan fingerprint density at radius 1 is 1.27 bits per heavy atom. The number of carbonyl (C=O) groups is 2. The van der Waals surface area contributed by atoms with Crippen molar-refractivity contribution in [3.05, 3.63) is 41.2 Å². The third-order valence-electron chi connectivity index (χ3n) is 3.17. The zero-order valence-corrected chi connectivity index (χ0v) is 15.9. The summed E-state index contributed by atoms with van der Waals surface area (Å²) >= 11 is 2.69. The minimum Gasteiger partial charge on any atom is -0.385 e. The molecule has 1 aromatic heterocycles. The summed E-state index contributed by atoms with van der Waals surface area (Å²) in [6.07, 6.45) is 0.982. The molecule has 0 fully saturated rings. The summed E-state index contributed by atoms with van der Waals surface area (Å²) in [6.45, 7) is 1.18. The fraction of sp³-hybridized carbons (Fsp3) is 0.353. The number of hydrogen-bond donors (Lipinski definition) is 2. The number of thiazole rings is 1. The minimum absolute atomic E-state index is 0.0861. The number of halogens is 1. The van der Waals surface area contributed by atoms with Crippen LogP contribution in [0.3, 0.4) is 0 Å². The smallest absolute Gasteiger partial charge is 0.234 e. The Hall–Kier alpha value is -1.97. The van der Waals surface area contributed by atoms with Crippen LogP contribution in [0, 0.1) is 5.82 Å². The molecular formula is C17H20FN3O3S2. The van der Waals surface area contributed by atoms with Crippen LogP contribution in [0.2, 0.25) is 0 Å². The third kappa shape index (κ3) is 7.51. The van der Waals surface area contributed by atoms with Crippen LogP contribution in [0.25, 0.3) is 0 Å². The monoisotopic (exact) mass is 397 g/mol.